The molecular formula is C10H15BrN2OS. The molecule has 1 rings (SSSR count). The fourth-order valence-electron chi connectivity index (χ4n) is 1.02. The summed E-state index contributed by atoms with van der Waals surface area (Å²) in [7, 11) is 0. The van der Waals surface area contributed by atoms with Crippen LogP contribution < -0.4 is 5.32 Å². The Kier molecular flexibility index (Phi) is 3.55. The van der Waals surface area contributed by atoms with Gasteiger partial charge in [0.2, 0.25) is 5.91 Å². The highest BCUT2D eigenvalue weighted by Crippen LogP contribution is 2.24. The van der Waals surface area contributed by atoms with Crippen molar-refractivity contribution < 1.29 is 4.79 Å². The molecule has 0 aliphatic carbocycles. The van der Waals surface area contributed by atoms with Crippen LogP contribution in [0.2, 0.25) is 0 Å². The first-order chi connectivity index (χ1) is 6.73. The molecule has 1 N–H and O–H groups in total. The van der Waals surface area contributed by atoms with Gasteiger partial charge in [-0.15, -0.1) is 11.3 Å². The van der Waals surface area contributed by atoms with E-state index in [1.54, 1.807) is 17.5 Å². The van der Waals surface area contributed by atoms with E-state index in [9.17, 15) is 4.79 Å². The number of rotatable bonds is 3. The molecule has 5 heteroatoms. The van der Waals surface area contributed by atoms with Crippen molar-refractivity contribution in [2.75, 3.05) is 0 Å². The zero-order chi connectivity index (χ0) is 11.7. The second-order valence-corrected chi connectivity index (χ2v) is 7.27. The summed E-state index contributed by atoms with van der Waals surface area (Å²) < 4.78 is -0.554. The van der Waals surface area contributed by atoms with Gasteiger partial charge >= 0.3 is 0 Å². The number of carbonyl (C=O) groups is 1. The van der Waals surface area contributed by atoms with Crippen LogP contribution in [-0.2, 0) is 10.3 Å². The van der Waals surface area contributed by atoms with Gasteiger partial charge in [0, 0.05) is 11.6 Å². The van der Waals surface area contributed by atoms with Gasteiger partial charge < -0.3 is 5.32 Å². The molecule has 0 bridgehead atoms. The molecule has 0 aliphatic heterocycles. The van der Waals surface area contributed by atoms with Crippen LogP contribution in [0.4, 0.5) is 0 Å². The van der Waals surface area contributed by atoms with Gasteiger partial charge in [-0.2, -0.15) is 0 Å². The first kappa shape index (κ1) is 12.6. The number of amides is 1. The third-order valence-corrected chi connectivity index (χ3v) is 3.39. The topological polar surface area (TPSA) is 42.0 Å². The molecule has 84 valence electrons. The molecule has 0 atom stereocenters. The SMILES string of the molecule is CC(C)(Br)C(=O)NC(C)(C)c1nccs1. The fraction of sp³-hybridized carbons (Fsp3) is 0.600. The van der Waals surface area contributed by atoms with Gasteiger partial charge in [-0.3, -0.25) is 4.79 Å². The van der Waals surface area contributed by atoms with E-state index in [1.807, 2.05) is 33.1 Å². The Morgan fingerprint density at radius 1 is 1.47 bits per heavy atom. The average molecular weight is 291 g/mol. The van der Waals surface area contributed by atoms with Crippen molar-refractivity contribution in [2.24, 2.45) is 0 Å². The second-order valence-electron chi connectivity index (χ2n) is 4.39. The molecule has 0 radical (unpaired) electrons. The van der Waals surface area contributed by atoms with Crippen molar-refractivity contribution >= 4 is 33.2 Å². The quantitative estimate of drug-likeness (QED) is 0.870. The van der Waals surface area contributed by atoms with E-state index in [0.29, 0.717) is 0 Å². The van der Waals surface area contributed by atoms with E-state index >= 15 is 0 Å². The standard InChI is InChI=1S/C10H15BrN2OS/c1-9(2,11)7(14)13-10(3,4)8-12-5-6-15-8/h5-6H,1-4H3,(H,13,14). The van der Waals surface area contributed by atoms with Crippen molar-refractivity contribution in [3.05, 3.63) is 16.6 Å². The third-order valence-electron chi connectivity index (χ3n) is 1.93. The summed E-state index contributed by atoms with van der Waals surface area (Å²) in [4.78, 5) is 16.0. The molecule has 1 heterocycles. The maximum Gasteiger partial charge on any atom is 0.237 e. The number of aromatic nitrogens is 1. The molecule has 1 aromatic heterocycles. The zero-order valence-corrected chi connectivity index (χ0v) is 11.7. The Morgan fingerprint density at radius 3 is 2.47 bits per heavy atom. The number of thiazole rings is 1. The highest BCUT2D eigenvalue weighted by molar-refractivity contribution is 9.10. The average Bonchev–Trinajstić information content (AvgIpc) is 2.52. The van der Waals surface area contributed by atoms with Crippen LogP contribution >= 0.6 is 27.3 Å². The Bertz CT molecular complexity index is 341. The van der Waals surface area contributed by atoms with Gasteiger partial charge in [0.15, 0.2) is 0 Å². The van der Waals surface area contributed by atoms with Gasteiger partial charge in [0.1, 0.15) is 5.01 Å². The van der Waals surface area contributed by atoms with Gasteiger partial charge in [-0.25, -0.2) is 4.98 Å². The number of alkyl halides is 1. The highest BCUT2D eigenvalue weighted by Gasteiger charge is 2.31. The molecule has 0 saturated carbocycles. The monoisotopic (exact) mass is 290 g/mol. The molecule has 0 unspecified atom stereocenters. The van der Waals surface area contributed by atoms with E-state index in [1.165, 1.54) is 0 Å². The summed E-state index contributed by atoms with van der Waals surface area (Å²) in [6.45, 7) is 7.53. The molecule has 0 aliphatic rings. The lowest BCUT2D eigenvalue weighted by Gasteiger charge is -2.27. The van der Waals surface area contributed by atoms with E-state index in [0.717, 1.165) is 5.01 Å². The number of nitrogens with one attached hydrogen (secondary N) is 1. The van der Waals surface area contributed by atoms with Crippen LogP contribution in [-0.4, -0.2) is 15.2 Å². The molecule has 15 heavy (non-hydrogen) atoms. The maximum absolute atomic E-state index is 11.8. The molecular weight excluding hydrogens is 276 g/mol. The highest BCUT2D eigenvalue weighted by atomic mass is 79.9. The first-order valence-corrected chi connectivity index (χ1v) is 6.32. The Hall–Kier alpha value is -0.420. The molecule has 3 nitrogen and oxygen atoms in total. The minimum absolute atomic E-state index is 0.0392. The third kappa shape index (κ3) is 3.28. The maximum atomic E-state index is 11.8. The molecule has 1 aromatic rings. The largest absolute Gasteiger partial charge is 0.344 e. The number of hydrogen-bond acceptors (Lipinski definition) is 3. The van der Waals surface area contributed by atoms with Crippen molar-refractivity contribution in [1.29, 1.82) is 0 Å². The smallest absolute Gasteiger partial charge is 0.237 e. The van der Waals surface area contributed by atoms with Crippen LogP contribution in [0.1, 0.15) is 32.7 Å². The van der Waals surface area contributed by atoms with Crippen molar-refractivity contribution in [3.8, 4) is 0 Å². The van der Waals surface area contributed by atoms with Crippen molar-refractivity contribution in [2.45, 2.75) is 37.6 Å². The predicted molar refractivity (Wildman–Crippen MR) is 66.3 cm³/mol. The van der Waals surface area contributed by atoms with E-state index in [2.05, 4.69) is 26.2 Å². The van der Waals surface area contributed by atoms with E-state index in [-0.39, 0.29) is 5.91 Å². The number of nitrogens with zero attached hydrogens (tertiary/aromatic N) is 1. The zero-order valence-electron chi connectivity index (χ0n) is 9.30. The normalized spacial score (nSPS) is 12.6. The van der Waals surface area contributed by atoms with E-state index < -0.39 is 9.86 Å². The van der Waals surface area contributed by atoms with Crippen LogP contribution in [0.5, 0.6) is 0 Å². The lowest BCUT2D eigenvalue weighted by Crippen LogP contribution is -2.47. The minimum atomic E-state index is -0.554. The lowest BCUT2D eigenvalue weighted by molar-refractivity contribution is -0.124. The number of hydrogen-bond donors (Lipinski definition) is 1. The van der Waals surface area contributed by atoms with Gasteiger partial charge in [-0.05, 0) is 27.7 Å². The second kappa shape index (κ2) is 4.22. The van der Waals surface area contributed by atoms with Crippen LogP contribution in [0.3, 0.4) is 0 Å². The first-order valence-electron chi connectivity index (χ1n) is 4.65. The summed E-state index contributed by atoms with van der Waals surface area (Å²) >= 11 is 4.87. The molecule has 1 amide bonds. The van der Waals surface area contributed by atoms with Gasteiger partial charge in [0.25, 0.3) is 0 Å². The summed E-state index contributed by atoms with van der Waals surface area (Å²) in [5.41, 5.74) is -0.420. The Labute approximate surface area is 102 Å². The molecule has 0 spiro atoms. The predicted octanol–water partition coefficient (Wildman–Crippen LogP) is 2.67. The fourth-order valence-corrected chi connectivity index (χ4v) is 1.84. The van der Waals surface area contributed by atoms with Crippen LogP contribution in [0, 0.1) is 0 Å². The van der Waals surface area contributed by atoms with Gasteiger partial charge in [0.05, 0.1) is 9.86 Å². The summed E-state index contributed by atoms with van der Waals surface area (Å²) in [5, 5.41) is 5.78. The summed E-state index contributed by atoms with van der Waals surface area (Å²) in [6.07, 6.45) is 1.74. The number of halogens is 1. The summed E-state index contributed by atoms with van der Waals surface area (Å²) in [5.74, 6) is -0.0392. The molecule has 0 saturated heterocycles. The number of carbonyl (C=O) groups excluding carboxylic acids is 1. The van der Waals surface area contributed by atoms with Crippen molar-refractivity contribution in [1.82, 2.24) is 10.3 Å². The van der Waals surface area contributed by atoms with Crippen LogP contribution in [0.25, 0.3) is 0 Å². The van der Waals surface area contributed by atoms with Crippen LogP contribution in [0.15, 0.2) is 11.6 Å². The summed E-state index contributed by atoms with van der Waals surface area (Å²) in [6, 6.07) is 0. The molecule has 0 aromatic carbocycles. The minimum Gasteiger partial charge on any atom is -0.344 e. The Morgan fingerprint density at radius 2 is 2.07 bits per heavy atom. The van der Waals surface area contributed by atoms with Gasteiger partial charge in [-0.1, -0.05) is 15.9 Å². The molecule has 0 fully saturated rings. The van der Waals surface area contributed by atoms with Crippen molar-refractivity contribution in [3.63, 3.8) is 0 Å². The van der Waals surface area contributed by atoms with E-state index in [4.69, 9.17) is 0 Å². The Balaban J connectivity index is 2.78. The lowest BCUT2D eigenvalue weighted by atomic mass is 10.1.